The number of hydrogen-bond donors (Lipinski definition) is 1. The first-order valence-electron chi connectivity index (χ1n) is 6.54. The second-order valence-corrected chi connectivity index (χ2v) is 4.55. The Kier molecular flexibility index (Phi) is 4.34. The van der Waals surface area contributed by atoms with Crippen molar-refractivity contribution in [1.29, 1.82) is 5.26 Å². The molecule has 0 aliphatic rings. The lowest BCUT2D eigenvalue weighted by Crippen LogP contribution is -2.11. The van der Waals surface area contributed by atoms with Crippen LogP contribution in [0.1, 0.15) is 30.7 Å². The molecule has 0 bridgehead atoms. The van der Waals surface area contributed by atoms with Gasteiger partial charge in [-0.3, -0.25) is 4.98 Å². The number of anilines is 2. The maximum Gasteiger partial charge on any atom is 0.101 e. The van der Waals surface area contributed by atoms with E-state index in [0.29, 0.717) is 17.7 Å². The van der Waals surface area contributed by atoms with Gasteiger partial charge in [-0.1, -0.05) is 19.1 Å². The summed E-state index contributed by atoms with van der Waals surface area (Å²) >= 11 is 0. The number of para-hydroxylation sites is 1. The second kappa shape index (κ2) is 6.18. The molecule has 4 nitrogen and oxygen atoms in total. The maximum atomic E-state index is 9.74. The average Bonchev–Trinajstić information content (AvgIpc) is 2.53. The normalized spacial score (nSPS) is 11.7. The van der Waals surface area contributed by atoms with Crippen LogP contribution in [-0.2, 0) is 0 Å². The second-order valence-electron chi connectivity index (χ2n) is 4.55. The van der Waals surface area contributed by atoms with Crippen LogP contribution in [0.3, 0.4) is 0 Å². The maximum absolute atomic E-state index is 9.74. The van der Waals surface area contributed by atoms with Gasteiger partial charge in [0, 0.05) is 7.05 Å². The molecule has 0 radical (unpaired) electrons. The van der Waals surface area contributed by atoms with E-state index in [1.165, 1.54) is 0 Å². The SMILES string of the molecule is CCC(O)c1ccc(N(C)c2ccccc2C#N)cn1. The minimum Gasteiger partial charge on any atom is -0.387 e. The Morgan fingerprint density at radius 1 is 1.30 bits per heavy atom. The molecule has 2 rings (SSSR count). The van der Waals surface area contributed by atoms with Crippen molar-refractivity contribution < 1.29 is 5.11 Å². The Morgan fingerprint density at radius 2 is 2.05 bits per heavy atom. The van der Waals surface area contributed by atoms with Gasteiger partial charge >= 0.3 is 0 Å². The van der Waals surface area contributed by atoms with Crippen LogP contribution < -0.4 is 4.90 Å². The summed E-state index contributed by atoms with van der Waals surface area (Å²) in [6.07, 6.45) is 1.82. The van der Waals surface area contributed by atoms with Gasteiger partial charge in [-0.15, -0.1) is 0 Å². The molecule has 1 heterocycles. The van der Waals surface area contributed by atoms with Gasteiger partial charge in [0.05, 0.1) is 34.9 Å². The number of aliphatic hydroxyl groups is 1. The van der Waals surface area contributed by atoms with Gasteiger partial charge in [-0.2, -0.15) is 5.26 Å². The molecule has 0 saturated heterocycles. The number of aliphatic hydroxyl groups excluding tert-OH is 1. The van der Waals surface area contributed by atoms with E-state index in [9.17, 15) is 5.11 Å². The van der Waals surface area contributed by atoms with E-state index in [1.807, 2.05) is 49.2 Å². The smallest absolute Gasteiger partial charge is 0.101 e. The molecular weight excluding hydrogens is 250 g/mol. The van der Waals surface area contributed by atoms with Gasteiger partial charge in [0.15, 0.2) is 0 Å². The van der Waals surface area contributed by atoms with Gasteiger partial charge in [0.1, 0.15) is 6.07 Å². The van der Waals surface area contributed by atoms with Crippen LogP contribution in [-0.4, -0.2) is 17.1 Å². The molecule has 20 heavy (non-hydrogen) atoms. The largest absolute Gasteiger partial charge is 0.387 e. The van der Waals surface area contributed by atoms with Crippen molar-refractivity contribution in [3.05, 3.63) is 53.9 Å². The molecule has 1 aromatic heterocycles. The summed E-state index contributed by atoms with van der Waals surface area (Å²) in [6, 6.07) is 13.3. The number of nitrogens with zero attached hydrogens (tertiary/aromatic N) is 3. The highest BCUT2D eigenvalue weighted by atomic mass is 16.3. The number of rotatable bonds is 4. The lowest BCUT2D eigenvalue weighted by atomic mass is 10.1. The molecule has 0 fully saturated rings. The van der Waals surface area contributed by atoms with Gasteiger partial charge in [0.2, 0.25) is 0 Å². The third-order valence-corrected chi connectivity index (χ3v) is 3.27. The summed E-state index contributed by atoms with van der Waals surface area (Å²) in [4.78, 5) is 6.19. The number of hydrogen-bond acceptors (Lipinski definition) is 4. The van der Waals surface area contributed by atoms with Crippen LogP contribution >= 0.6 is 0 Å². The zero-order valence-electron chi connectivity index (χ0n) is 11.6. The third kappa shape index (κ3) is 2.79. The first kappa shape index (κ1) is 14.0. The molecule has 0 aliphatic carbocycles. The van der Waals surface area contributed by atoms with Crippen LogP contribution in [0.25, 0.3) is 0 Å². The van der Waals surface area contributed by atoms with Crippen LogP contribution in [0.2, 0.25) is 0 Å². The van der Waals surface area contributed by atoms with E-state index in [4.69, 9.17) is 5.26 Å². The molecule has 4 heteroatoms. The molecule has 0 spiro atoms. The first-order chi connectivity index (χ1) is 9.67. The van der Waals surface area contributed by atoms with Gasteiger partial charge in [-0.25, -0.2) is 0 Å². The Labute approximate surface area is 118 Å². The van der Waals surface area contributed by atoms with Gasteiger partial charge in [-0.05, 0) is 30.7 Å². The highest BCUT2D eigenvalue weighted by Gasteiger charge is 2.11. The first-order valence-corrected chi connectivity index (χ1v) is 6.54. The molecule has 2 aromatic rings. The van der Waals surface area contributed by atoms with Crippen molar-refractivity contribution in [1.82, 2.24) is 4.98 Å². The Bertz CT molecular complexity index is 616. The molecule has 1 aromatic carbocycles. The minimum absolute atomic E-state index is 0.527. The van der Waals surface area contributed by atoms with E-state index in [-0.39, 0.29) is 0 Å². The Balaban J connectivity index is 2.30. The Hall–Kier alpha value is -2.38. The zero-order chi connectivity index (χ0) is 14.5. The summed E-state index contributed by atoms with van der Waals surface area (Å²) in [5.41, 5.74) is 2.99. The summed E-state index contributed by atoms with van der Waals surface area (Å²) in [6.45, 7) is 1.91. The Morgan fingerprint density at radius 3 is 2.65 bits per heavy atom. The van der Waals surface area contributed by atoms with Crippen LogP contribution in [0, 0.1) is 11.3 Å². The highest BCUT2D eigenvalue weighted by Crippen LogP contribution is 2.26. The summed E-state index contributed by atoms with van der Waals surface area (Å²) in [7, 11) is 1.89. The predicted octanol–water partition coefficient (Wildman–Crippen LogP) is 3.16. The lowest BCUT2D eigenvalue weighted by Gasteiger charge is -2.20. The fourth-order valence-corrected chi connectivity index (χ4v) is 2.00. The molecule has 0 aliphatic heterocycles. The summed E-state index contributed by atoms with van der Waals surface area (Å²) in [5, 5.41) is 18.9. The van der Waals surface area contributed by atoms with E-state index in [1.54, 1.807) is 12.3 Å². The monoisotopic (exact) mass is 267 g/mol. The molecule has 0 saturated carbocycles. The van der Waals surface area contributed by atoms with Crippen molar-refractivity contribution in [2.24, 2.45) is 0 Å². The van der Waals surface area contributed by atoms with Gasteiger partial charge in [0.25, 0.3) is 0 Å². The molecular formula is C16H17N3O. The van der Waals surface area contributed by atoms with Crippen molar-refractivity contribution in [3.63, 3.8) is 0 Å². The fourth-order valence-electron chi connectivity index (χ4n) is 2.00. The van der Waals surface area contributed by atoms with Crippen LogP contribution in [0.15, 0.2) is 42.6 Å². The zero-order valence-corrected chi connectivity index (χ0v) is 11.6. The summed E-state index contributed by atoms with van der Waals surface area (Å²) in [5.74, 6) is 0. The van der Waals surface area contributed by atoms with E-state index < -0.39 is 6.10 Å². The average molecular weight is 267 g/mol. The van der Waals surface area contributed by atoms with E-state index in [0.717, 1.165) is 11.4 Å². The number of benzene rings is 1. The molecule has 1 unspecified atom stereocenters. The number of nitriles is 1. The topological polar surface area (TPSA) is 60.1 Å². The molecule has 1 N–H and O–H groups in total. The highest BCUT2D eigenvalue weighted by molar-refractivity contribution is 5.68. The van der Waals surface area contributed by atoms with Crippen LogP contribution in [0.4, 0.5) is 11.4 Å². The standard InChI is InChI=1S/C16H17N3O/c1-3-16(20)14-9-8-13(11-18-14)19(2)15-7-5-4-6-12(15)10-17/h4-9,11,16,20H,3H2,1-2H3. The summed E-state index contributed by atoms with van der Waals surface area (Å²) < 4.78 is 0. The molecule has 102 valence electrons. The molecule has 0 amide bonds. The predicted molar refractivity (Wildman–Crippen MR) is 78.7 cm³/mol. The lowest BCUT2D eigenvalue weighted by molar-refractivity contribution is 0.169. The van der Waals surface area contributed by atoms with Gasteiger partial charge < -0.3 is 10.0 Å². The van der Waals surface area contributed by atoms with Crippen molar-refractivity contribution in [2.75, 3.05) is 11.9 Å². The molecule has 1 atom stereocenters. The van der Waals surface area contributed by atoms with Crippen molar-refractivity contribution >= 4 is 11.4 Å². The number of aromatic nitrogens is 1. The third-order valence-electron chi connectivity index (χ3n) is 3.27. The van der Waals surface area contributed by atoms with Crippen molar-refractivity contribution in [2.45, 2.75) is 19.4 Å². The van der Waals surface area contributed by atoms with Crippen LogP contribution in [0.5, 0.6) is 0 Å². The minimum atomic E-state index is -0.527. The number of pyridine rings is 1. The fraction of sp³-hybridized carbons (Fsp3) is 0.250. The quantitative estimate of drug-likeness (QED) is 0.924. The van der Waals surface area contributed by atoms with Crippen molar-refractivity contribution in [3.8, 4) is 6.07 Å². The van der Waals surface area contributed by atoms with E-state index >= 15 is 0 Å². The van der Waals surface area contributed by atoms with E-state index in [2.05, 4.69) is 11.1 Å².